The number of nitrogens with one attached hydrogen (secondary N) is 1. The minimum Gasteiger partial charge on any atom is -0.384 e. The fraction of sp³-hybridized carbons (Fsp3) is 0.571. The van der Waals surface area contributed by atoms with E-state index in [0.29, 0.717) is 0 Å². The number of rotatable bonds is 5. The molecule has 2 nitrogen and oxygen atoms in total. The van der Waals surface area contributed by atoms with Crippen molar-refractivity contribution in [1.82, 2.24) is 4.90 Å². The highest BCUT2D eigenvalue weighted by atomic mass is 19.3. The smallest absolute Gasteiger partial charge is 0.270 e. The first kappa shape index (κ1) is 13.3. The van der Waals surface area contributed by atoms with Gasteiger partial charge in [-0.3, -0.25) is 0 Å². The van der Waals surface area contributed by atoms with Crippen molar-refractivity contribution in [2.75, 3.05) is 31.5 Å². The first-order valence-electron chi connectivity index (χ1n) is 6.50. The molecule has 4 heteroatoms. The second kappa shape index (κ2) is 5.65. The summed E-state index contributed by atoms with van der Waals surface area (Å²) in [6.07, 6.45) is 2.55. The lowest BCUT2D eigenvalue weighted by atomic mass is 10.1. The summed E-state index contributed by atoms with van der Waals surface area (Å²) in [6.45, 7) is 5.03. The maximum absolute atomic E-state index is 13.2. The normalized spacial score (nSPS) is 17.1. The third-order valence-electron chi connectivity index (χ3n) is 3.33. The van der Waals surface area contributed by atoms with Crippen LogP contribution in [0, 0.1) is 0 Å². The van der Waals surface area contributed by atoms with Gasteiger partial charge in [0.05, 0.1) is 0 Å². The van der Waals surface area contributed by atoms with Crippen LogP contribution in [0.5, 0.6) is 0 Å². The van der Waals surface area contributed by atoms with Gasteiger partial charge in [-0.05, 0) is 38.1 Å². The zero-order chi connectivity index (χ0) is 13.0. The van der Waals surface area contributed by atoms with Crippen LogP contribution in [0.25, 0.3) is 0 Å². The quantitative estimate of drug-likeness (QED) is 0.867. The second-order valence-electron chi connectivity index (χ2n) is 4.94. The van der Waals surface area contributed by atoms with Gasteiger partial charge in [-0.1, -0.05) is 12.1 Å². The lowest BCUT2D eigenvalue weighted by molar-refractivity contribution is 0.0175. The van der Waals surface area contributed by atoms with Crippen molar-refractivity contribution in [3.63, 3.8) is 0 Å². The van der Waals surface area contributed by atoms with E-state index in [1.165, 1.54) is 25.0 Å². The molecule has 0 amide bonds. The second-order valence-corrected chi connectivity index (χ2v) is 4.94. The summed E-state index contributed by atoms with van der Waals surface area (Å²) in [5, 5.41) is 3.21. The van der Waals surface area contributed by atoms with E-state index in [0.717, 1.165) is 38.8 Å². The third kappa shape index (κ3) is 3.67. The van der Waals surface area contributed by atoms with Gasteiger partial charge in [-0.2, -0.15) is 0 Å². The van der Waals surface area contributed by atoms with Crippen LogP contribution in [0.1, 0.15) is 25.3 Å². The standard InChI is InChI=1S/C14H20F2N2/c1-14(15,16)12-5-4-6-13(11-12)17-7-10-18-8-2-3-9-18/h4-6,11,17H,2-3,7-10H2,1H3. The van der Waals surface area contributed by atoms with Crippen molar-refractivity contribution in [3.05, 3.63) is 29.8 Å². The lowest BCUT2D eigenvalue weighted by Crippen LogP contribution is -2.26. The number of benzene rings is 1. The highest BCUT2D eigenvalue weighted by Gasteiger charge is 2.24. The fourth-order valence-electron chi connectivity index (χ4n) is 2.27. The summed E-state index contributed by atoms with van der Waals surface area (Å²) in [5.41, 5.74) is 0.835. The molecule has 1 N–H and O–H groups in total. The molecule has 0 aliphatic carbocycles. The highest BCUT2D eigenvalue weighted by Crippen LogP contribution is 2.28. The summed E-state index contributed by atoms with van der Waals surface area (Å²) < 4.78 is 26.3. The van der Waals surface area contributed by atoms with Crippen molar-refractivity contribution in [2.45, 2.75) is 25.7 Å². The van der Waals surface area contributed by atoms with Gasteiger partial charge >= 0.3 is 0 Å². The summed E-state index contributed by atoms with van der Waals surface area (Å²) in [7, 11) is 0. The molecule has 1 fully saturated rings. The summed E-state index contributed by atoms with van der Waals surface area (Å²) in [6, 6.07) is 6.50. The first-order valence-corrected chi connectivity index (χ1v) is 6.50. The molecular formula is C14H20F2N2. The van der Waals surface area contributed by atoms with Crippen LogP contribution < -0.4 is 5.32 Å². The molecular weight excluding hydrogens is 234 g/mol. The number of nitrogens with zero attached hydrogens (tertiary/aromatic N) is 1. The molecule has 1 aliphatic rings. The Balaban J connectivity index is 1.85. The zero-order valence-electron chi connectivity index (χ0n) is 10.8. The lowest BCUT2D eigenvalue weighted by Gasteiger charge is -2.16. The number of halogens is 2. The topological polar surface area (TPSA) is 15.3 Å². The van der Waals surface area contributed by atoms with E-state index in [-0.39, 0.29) is 5.56 Å². The van der Waals surface area contributed by atoms with E-state index in [4.69, 9.17) is 0 Å². The molecule has 0 radical (unpaired) electrons. The van der Waals surface area contributed by atoms with E-state index in [1.807, 2.05) is 6.07 Å². The van der Waals surface area contributed by atoms with Crippen molar-refractivity contribution >= 4 is 5.69 Å². The maximum atomic E-state index is 13.2. The van der Waals surface area contributed by atoms with Crippen LogP contribution in [0.15, 0.2) is 24.3 Å². The molecule has 0 bridgehead atoms. The summed E-state index contributed by atoms with van der Waals surface area (Å²) in [5.74, 6) is -2.77. The average Bonchev–Trinajstić information content (AvgIpc) is 2.81. The van der Waals surface area contributed by atoms with E-state index in [1.54, 1.807) is 6.07 Å². The molecule has 0 aromatic heterocycles. The summed E-state index contributed by atoms with van der Waals surface area (Å²) >= 11 is 0. The molecule has 100 valence electrons. The van der Waals surface area contributed by atoms with Gasteiger partial charge in [0, 0.05) is 31.3 Å². The number of hydrogen-bond acceptors (Lipinski definition) is 2. The molecule has 1 saturated heterocycles. The molecule has 18 heavy (non-hydrogen) atoms. The van der Waals surface area contributed by atoms with E-state index in [9.17, 15) is 8.78 Å². The zero-order valence-corrected chi connectivity index (χ0v) is 10.8. The Hall–Kier alpha value is -1.16. The van der Waals surface area contributed by atoms with Crippen LogP contribution in [0.4, 0.5) is 14.5 Å². The van der Waals surface area contributed by atoms with Crippen molar-refractivity contribution in [2.24, 2.45) is 0 Å². The van der Waals surface area contributed by atoms with E-state index >= 15 is 0 Å². The predicted molar refractivity (Wildman–Crippen MR) is 70.2 cm³/mol. The van der Waals surface area contributed by atoms with Gasteiger partial charge < -0.3 is 10.2 Å². The predicted octanol–water partition coefficient (Wildman–Crippen LogP) is 3.31. The number of likely N-dealkylation sites (tertiary alicyclic amines) is 1. The minimum absolute atomic E-state index is 0.0636. The Labute approximate surface area is 107 Å². The SMILES string of the molecule is CC(F)(F)c1cccc(NCCN2CCCC2)c1. The first-order chi connectivity index (χ1) is 8.55. The van der Waals surface area contributed by atoms with E-state index in [2.05, 4.69) is 10.2 Å². The Morgan fingerprint density at radius 1 is 1.28 bits per heavy atom. The summed E-state index contributed by atoms with van der Waals surface area (Å²) in [4.78, 5) is 2.39. The van der Waals surface area contributed by atoms with Gasteiger partial charge in [0.1, 0.15) is 0 Å². The average molecular weight is 254 g/mol. The minimum atomic E-state index is -2.77. The molecule has 0 saturated carbocycles. The fourth-order valence-corrected chi connectivity index (χ4v) is 2.27. The maximum Gasteiger partial charge on any atom is 0.270 e. The Bertz CT molecular complexity index is 382. The van der Waals surface area contributed by atoms with Crippen LogP contribution in [0.3, 0.4) is 0 Å². The molecule has 0 atom stereocenters. The Morgan fingerprint density at radius 3 is 2.67 bits per heavy atom. The van der Waals surface area contributed by atoms with Crippen molar-refractivity contribution in [3.8, 4) is 0 Å². The van der Waals surface area contributed by atoms with E-state index < -0.39 is 5.92 Å². The van der Waals surface area contributed by atoms with Gasteiger partial charge in [-0.15, -0.1) is 0 Å². The Kier molecular flexibility index (Phi) is 4.17. The molecule has 0 spiro atoms. The van der Waals surface area contributed by atoms with Crippen LogP contribution >= 0.6 is 0 Å². The van der Waals surface area contributed by atoms with Crippen molar-refractivity contribution < 1.29 is 8.78 Å². The van der Waals surface area contributed by atoms with Crippen LogP contribution in [-0.2, 0) is 5.92 Å². The van der Waals surface area contributed by atoms with Crippen molar-refractivity contribution in [1.29, 1.82) is 0 Å². The molecule has 1 aliphatic heterocycles. The van der Waals surface area contributed by atoms with Gasteiger partial charge in [0.25, 0.3) is 5.92 Å². The Morgan fingerprint density at radius 2 is 2.00 bits per heavy atom. The van der Waals surface area contributed by atoms with Gasteiger partial charge in [0.15, 0.2) is 0 Å². The molecule has 1 aromatic carbocycles. The monoisotopic (exact) mass is 254 g/mol. The third-order valence-corrected chi connectivity index (χ3v) is 3.33. The highest BCUT2D eigenvalue weighted by molar-refractivity contribution is 5.46. The van der Waals surface area contributed by atoms with Crippen LogP contribution in [-0.4, -0.2) is 31.1 Å². The van der Waals surface area contributed by atoms with Gasteiger partial charge in [0.2, 0.25) is 0 Å². The molecule has 0 unspecified atom stereocenters. The van der Waals surface area contributed by atoms with Crippen LogP contribution in [0.2, 0.25) is 0 Å². The molecule has 2 rings (SSSR count). The largest absolute Gasteiger partial charge is 0.384 e. The number of hydrogen-bond donors (Lipinski definition) is 1. The molecule has 1 heterocycles. The number of anilines is 1. The molecule has 1 aromatic rings. The number of alkyl halides is 2. The van der Waals surface area contributed by atoms with Gasteiger partial charge in [-0.25, -0.2) is 8.78 Å².